The Morgan fingerprint density at radius 3 is 2.61 bits per heavy atom. The summed E-state index contributed by atoms with van der Waals surface area (Å²) in [4.78, 5) is 10.7. The zero-order valence-electron chi connectivity index (χ0n) is 15.2. The van der Waals surface area contributed by atoms with E-state index in [2.05, 4.69) is 10.5 Å². The number of thioether (sulfide) groups is 1. The third kappa shape index (κ3) is 5.91. The lowest BCUT2D eigenvalue weighted by atomic mass is 10.1. The quantitative estimate of drug-likeness (QED) is 0.478. The topological polar surface area (TPSA) is 70.9 Å². The van der Waals surface area contributed by atoms with Gasteiger partial charge in [-0.25, -0.2) is 0 Å². The maximum Gasteiger partial charge on any atom is 0.418 e. The standard InChI is InChI=1S/C19H19F3N2O3S/c1-12(23-24-16-6-4-3-5-15(16)19(20,21)22)13-7-8-17(27-2)14(9-13)10-28-11-18(25)26/h3-9,24H,10-11H2,1-2H3,(H,25,26)/b23-12-. The number of hydrazone groups is 1. The van der Waals surface area contributed by atoms with Crippen LogP contribution in [0.4, 0.5) is 18.9 Å². The molecule has 28 heavy (non-hydrogen) atoms. The molecule has 0 aromatic heterocycles. The van der Waals surface area contributed by atoms with Crippen molar-refractivity contribution in [3.63, 3.8) is 0 Å². The van der Waals surface area contributed by atoms with Gasteiger partial charge in [-0.05, 0) is 42.8 Å². The first-order valence-electron chi connectivity index (χ1n) is 8.15. The van der Waals surface area contributed by atoms with Gasteiger partial charge in [0.2, 0.25) is 0 Å². The summed E-state index contributed by atoms with van der Waals surface area (Å²) >= 11 is 1.22. The maximum absolute atomic E-state index is 13.1. The van der Waals surface area contributed by atoms with Crippen LogP contribution in [-0.4, -0.2) is 29.7 Å². The summed E-state index contributed by atoms with van der Waals surface area (Å²) < 4.78 is 44.5. The first-order chi connectivity index (χ1) is 13.2. The van der Waals surface area contributed by atoms with Crippen molar-refractivity contribution in [2.24, 2.45) is 5.10 Å². The molecule has 0 bridgehead atoms. The van der Waals surface area contributed by atoms with Crippen LogP contribution in [0.15, 0.2) is 47.6 Å². The number of nitrogens with one attached hydrogen (secondary N) is 1. The van der Waals surface area contributed by atoms with Gasteiger partial charge in [-0.2, -0.15) is 18.3 Å². The van der Waals surface area contributed by atoms with Gasteiger partial charge in [0, 0.05) is 11.3 Å². The summed E-state index contributed by atoms with van der Waals surface area (Å²) in [6.45, 7) is 1.67. The average Bonchev–Trinajstić information content (AvgIpc) is 2.65. The number of halogens is 3. The molecular weight excluding hydrogens is 393 g/mol. The minimum Gasteiger partial charge on any atom is -0.496 e. The summed E-state index contributed by atoms with van der Waals surface area (Å²) in [5.74, 6) is 0.0622. The second-order valence-corrected chi connectivity index (χ2v) is 6.75. The third-order valence-corrected chi connectivity index (χ3v) is 4.72. The summed E-state index contributed by atoms with van der Waals surface area (Å²) in [6, 6.07) is 10.3. The van der Waals surface area contributed by atoms with Crippen LogP contribution in [0, 0.1) is 0 Å². The van der Waals surface area contributed by atoms with Gasteiger partial charge in [0.05, 0.1) is 29.8 Å². The highest BCUT2D eigenvalue weighted by atomic mass is 32.2. The smallest absolute Gasteiger partial charge is 0.418 e. The number of benzene rings is 2. The molecule has 2 aromatic carbocycles. The van der Waals surface area contributed by atoms with Crippen molar-refractivity contribution < 1.29 is 27.8 Å². The van der Waals surface area contributed by atoms with Crippen molar-refractivity contribution in [3.05, 3.63) is 59.2 Å². The average molecular weight is 412 g/mol. The SMILES string of the molecule is COc1ccc(/C(C)=N\Nc2ccccc2C(F)(F)F)cc1CSCC(=O)O. The molecular formula is C19H19F3N2O3S. The van der Waals surface area contributed by atoms with E-state index in [9.17, 15) is 18.0 Å². The van der Waals surface area contributed by atoms with Crippen LogP contribution >= 0.6 is 11.8 Å². The Hall–Kier alpha value is -2.68. The van der Waals surface area contributed by atoms with E-state index >= 15 is 0 Å². The second kappa shape index (κ2) is 9.50. The Morgan fingerprint density at radius 1 is 1.25 bits per heavy atom. The van der Waals surface area contributed by atoms with Crippen LogP contribution in [0.25, 0.3) is 0 Å². The van der Waals surface area contributed by atoms with Gasteiger partial charge in [-0.15, -0.1) is 11.8 Å². The van der Waals surface area contributed by atoms with Crippen LogP contribution in [0.1, 0.15) is 23.6 Å². The lowest BCUT2D eigenvalue weighted by Crippen LogP contribution is -2.09. The first-order valence-corrected chi connectivity index (χ1v) is 9.31. The summed E-state index contributed by atoms with van der Waals surface area (Å²) in [5.41, 5.74) is 3.47. The number of methoxy groups -OCH3 is 1. The fourth-order valence-electron chi connectivity index (χ4n) is 2.40. The molecule has 0 fully saturated rings. The third-order valence-electron chi connectivity index (χ3n) is 3.76. The molecule has 2 N–H and O–H groups in total. The Morgan fingerprint density at radius 2 is 1.96 bits per heavy atom. The normalized spacial score (nSPS) is 12.0. The number of rotatable bonds is 8. The molecule has 0 aliphatic heterocycles. The molecule has 0 unspecified atom stereocenters. The van der Waals surface area contributed by atoms with Crippen molar-refractivity contribution in [3.8, 4) is 5.75 Å². The molecule has 0 radical (unpaired) electrons. The van der Waals surface area contributed by atoms with Crippen molar-refractivity contribution in [2.45, 2.75) is 18.9 Å². The molecule has 0 amide bonds. The van der Waals surface area contributed by atoms with Crippen molar-refractivity contribution >= 4 is 29.1 Å². The van der Waals surface area contributed by atoms with Gasteiger partial charge in [-0.3, -0.25) is 10.2 Å². The van der Waals surface area contributed by atoms with Gasteiger partial charge in [0.1, 0.15) is 5.75 Å². The predicted octanol–water partition coefficient (Wildman–Crippen LogP) is 4.87. The van der Waals surface area contributed by atoms with Crippen LogP contribution in [0.3, 0.4) is 0 Å². The number of nitrogens with zero attached hydrogens (tertiary/aromatic N) is 1. The minimum absolute atomic E-state index is 0.0454. The minimum atomic E-state index is -4.48. The van der Waals surface area contributed by atoms with E-state index in [0.29, 0.717) is 22.8 Å². The van der Waals surface area contributed by atoms with E-state index in [0.717, 1.165) is 11.6 Å². The lowest BCUT2D eigenvalue weighted by Gasteiger charge is -2.13. The molecule has 0 atom stereocenters. The van der Waals surface area contributed by atoms with E-state index in [-0.39, 0.29) is 11.4 Å². The van der Waals surface area contributed by atoms with Crippen LogP contribution in [-0.2, 0) is 16.7 Å². The molecule has 2 aromatic rings. The fraction of sp³-hybridized carbons (Fsp3) is 0.263. The maximum atomic E-state index is 13.1. The van der Waals surface area contributed by atoms with Gasteiger partial charge in [-0.1, -0.05) is 12.1 Å². The van der Waals surface area contributed by atoms with Gasteiger partial charge in [0.25, 0.3) is 0 Å². The lowest BCUT2D eigenvalue weighted by molar-refractivity contribution is -0.137. The highest BCUT2D eigenvalue weighted by molar-refractivity contribution is 7.99. The monoisotopic (exact) mass is 412 g/mol. The largest absolute Gasteiger partial charge is 0.496 e. The van der Waals surface area contributed by atoms with Crippen LogP contribution in [0.2, 0.25) is 0 Å². The van der Waals surface area contributed by atoms with Gasteiger partial charge < -0.3 is 9.84 Å². The Kier molecular flexibility index (Phi) is 7.33. The molecule has 150 valence electrons. The highest BCUT2D eigenvalue weighted by Gasteiger charge is 2.33. The number of carboxylic acids is 1. The number of anilines is 1. The molecule has 0 saturated carbocycles. The molecule has 5 nitrogen and oxygen atoms in total. The molecule has 2 rings (SSSR count). The second-order valence-electron chi connectivity index (χ2n) is 5.77. The first kappa shape index (κ1) is 21.6. The number of ether oxygens (including phenoxy) is 1. The molecule has 0 aliphatic rings. The van der Waals surface area contributed by atoms with E-state index < -0.39 is 17.7 Å². The molecule has 0 spiro atoms. The van der Waals surface area contributed by atoms with Gasteiger partial charge in [0.15, 0.2) is 0 Å². The zero-order valence-corrected chi connectivity index (χ0v) is 16.0. The van der Waals surface area contributed by atoms with E-state index in [1.54, 1.807) is 25.1 Å². The predicted molar refractivity (Wildman–Crippen MR) is 104 cm³/mol. The van der Waals surface area contributed by atoms with Gasteiger partial charge >= 0.3 is 12.1 Å². The zero-order chi connectivity index (χ0) is 20.7. The van der Waals surface area contributed by atoms with Crippen molar-refractivity contribution in [1.29, 1.82) is 0 Å². The van der Waals surface area contributed by atoms with E-state index in [1.165, 1.54) is 37.1 Å². The van der Waals surface area contributed by atoms with Crippen molar-refractivity contribution in [1.82, 2.24) is 0 Å². The number of carbonyl (C=O) groups is 1. The van der Waals surface area contributed by atoms with E-state index in [1.807, 2.05) is 0 Å². The Balaban J connectivity index is 2.22. The molecule has 9 heteroatoms. The number of aliphatic carboxylic acids is 1. The number of carboxylic acid groups (broad SMARTS) is 1. The molecule has 0 heterocycles. The molecule has 0 saturated heterocycles. The van der Waals surface area contributed by atoms with Crippen LogP contribution < -0.4 is 10.2 Å². The Bertz CT molecular complexity index is 870. The highest BCUT2D eigenvalue weighted by Crippen LogP contribution is 2.34. The fourth-order valence-corrected chi connectivity index (χ4v) is 3.12. The summed E-state index contributed by atoms with van der Waals surface area (Å²) in [6.07, 6.45) is -4.48. The number of hydrogen-bond acceptors (Lipinski definition) is 5. The number of alkyl halides is 3. The van der Waals surface area contributed by atoms with Crippen LogP contribution in [0.5, 0.6) is 5.75 Å². The molecule has 0 aliphatic carbocycles. The van der Waals surface area contributed by atoms with E-state index in [4.69, 9.17) is 9.84 Å². The number of hydrogen-bond donors (Lipinski definition) is 2. The summed E-state index contributed by atoms with van der Waals surface area (Å²) in [7, 11) is 1.51. The summed E-state index contributed by atoms with van der Waals surface area (Å²) in [5, 5.41) is 12.8. The Labute approximate surface area is 164 Å². The number of para-hydroxylation sites is 1. The van der Waals surface area contributed by atoms with Crippen molar-refractivity contribution in [2.75, 3.05) is 18.3 Å².